The van der Waals surface area contributed by atoms with E-state index in [0.717, 1.165) is 36.6 Å². The Labute approximate surface area is 174 Å². The van der Waals surface area contributed by atoms with Gasteiger partial charge in [0, 0.05) is 22.6 Å². The van der Waals surface area contributed by atoms with Crippen LogP contribution in [0.15, 0.2) is 54.6 Å². The first-order valence-electron chi connectivity index (χ1n) is 10.5. The smallest absolute Gasteiger partial charge is 0.275 e. The summed E-state index contributed by atoms with van der Waals surface area (Å²) in [6.07, 6.45) is 4.10. The largest absolute Gasteiger partial charge is 0.351 e. The first-order chi connectivity index (χ1) is 14.5. The lowest BCUT2D eigenvalue weighted by Crippen LogP contribution is -2.65. The van der Waals surface area contributed by atoms with Gasteiger partial charge in [-0.25, -0.2) is 4.39 Å². The molecule has 1 saturated carbocycles. The summed E-state index contributed by atoms with van der Waals surface area (Å²) in [5.41, 5.74) is 0.634. The summed E-state index contributed by atoms with van der Waals surface area (Å²) >= 11 is 0. The fraction of sp³-hybridized carbons (Fsp3) is 0.333. The fourth-order valence-corrected chi connectivity index (χ4v) is 4.88. The number of hydrogen-bond acceptors (Lipinski definition) is 2. The molecule has 1 N–H and O–H groups in total. The van der Waals surface area contributed by atoms with Gasteiger partial charge in [-0.1, -0.05) is 37.1 Å². The first-order valence-corrected chi connectivity index (χ1v) is 10.5. The number of benzene rings is 2. The van der Waals surface area contributed by atoms with E-state index in [1.807, 2.05) is 34.9 Å². The second kappa shape index (κ2) is 6.97. The lowest BCUT2D eigenvalue weighted by atomic mass is 9.93. The number of anilines is 1. The summed E-state index contributed by atoms with van der Waals surface area (Å²) < 4.78 is 16.0. The number of nitrogens with zero attached hydrogens (tertiary/aromatic N) is 2. The maximum absolute atomic E-state index is 14.0. The van der Waals surface area contributed by atoms with E-state index in [1.165, 1.54) is 17.0 Å². The minimum absolute atomic E-state index is 0.126. The van der Waals surface area contributed by atoms with Crippen molar-refractivity contribution in [3.63, 3.8) is 0 Å². The standard InChI is InChI=1S/C24H24FN3O2/c1-24(23(30)26-18-9-3-4-10-18)15-27-20-12-5-2-7-16(20)13-21(27)22(29)28(24)19-11-6-8-17(25)14-19/h2,5-8,11-14,18H,3-4,9-10,15H2,1H3,(H,26,30)/t24-/m0/s1. The van der Waals surface area contributed by atoms with Gasteiger partial charge in [-0.2, -0.15) is 0 Å². The monoisotopic (exact) mass is 405 g/mol. The summed E-state index contributed by atoms with van der Waals surface area (Å²) in [7, 11) is 0. The zero-order valence-electron chi connectivity index (χ0n) is 16.9. The van der Waals surface area contributed by atoms with E-state index in [1.54, 1.807) is 19.1 Å². The van der Waals surface area contributed by atoms with E-state index < -0.39 is 11.4 Å². The molecule has 1 aliphatic carbocycles. The number of para-hydroxylation sites is 1. The van der Waals surface area contributed by atoms with Crippen LogP contribution in [0.1, 0.15) is 43.1 Å². The molecule has 2 amide bonds. The van der Waals surface area contributed by atoms with Crippen LogP contribution in [-0.2, 0) is 11.3 Å². The average molecular weight is 405 g/mol. The molecule has 0 unspecified atom stereocenters. The third-order valence-corrected chi connectivity index (χ3v) is 6.44. The Hall–Kier alpha value is -3.15. The Morgan fingerprint density at radius 1 is 1.10 bits per heavy atom. The van der Waals surface area contributed by atoms with Crippen molar-refractivity contribution in [1.82, 2.24) is 9.88 Å². The molecule has 1 aliphatic heterocycles. The van der Waals surface area contributed by atoms with E-state index in [2.05, 4.69) is 5.32 Å². The minimum Gasteiger partial charge on any atom is -0.351 e. The Morgan fingerprint density at radius 3 is 2.63 bits per heavy atom. The van der Waals surface area contributed by atoms with Crippen molar-refractivity contribution in [2.24, 2.45) is 0 Å². The summed E-state index contributed by atoms with van der Waals surface area (Å²) in [4.78, 5) is 28.7. The summed E-state index contributed by atoms with van der Waals surface area (Å²) in [5, 5.41) is 4.10. The molecule has 3 aromatic rings. The van der Waals surface area contributed by atoms with Crippen LogP contribution < -0.4 is 10.2 Å². The molecular formula is C24H24FN3O2. The van der Waals surface area contributed by atoms with Gasteiger partial charge < -0.3 is 9.88 Å². The number of rotatable bonds is 3. The van der Waals surface area contributed by atoms with Crippen molar-refractivity contribution < 1.29 is 14.0 Å². The van der Waals surface area contributed by atoms with Crippen molar-refractivity contribution >= 4 is 28.4 Å². The number of hydrogen-bond donors (Lipinski definition) is 1. The summed E-state index contributed by atoms with van der Waals surface area (Å²) in [6, 6.07) is 15.6. The Morgan fingerprint density at radius 2 is 1.87 bits per heavy atom. The Bertz CT molecular complexity index is 1150. The maximum Gasteiger partial charge on any atom is 0.275 e. The highest BCUT2D eigenvalue weighted by molar-refractivity contribution is 6.14. The second-order valence-corrected chi connectivity index (χ2v) is 8.52. The van der Waals surface area contributed by atoms with Crippen LogP contribution in [0.5, 0.6) is 0 Å². The average Bonchev–Trinajstić information content (AvgIpc) is 3.36. The predicted octanol–water partition coefficient (Wildman–Crippen LogP) is 4.26. The quantitative estimate of drug-likeness (QED) is 0.708. The molecule has 30 heavy (non-hydrogen) atoms. The molecule has 2 aromatic carbocycles. The van der Waals surface area contributed by atoms with E-state index in [9.17, 15) is 14.0 Å². The number of halogens is 1. The number of amides is 2. The third-order valence-electron chi connectivity index (χ3n) is 6.44. The third kappa shape index (κ3) is 2.90. The highest BCUT2D eigenvalue weighted by Gasteiger charge is 2.49. The zero-order chi connectivity index (χ0) is 20.9. The van der Waals surface area contributed by atoms with Gasteiger partial charge in [-0.3, -0.25) is 14.5 Å². The molecule has 6 heteroatoms. The minimum atomic E-state index is -1.18. The van der Waals surface area contributed by atoms with Crippen molar-refractivity contribution in [3.05, 3.63) is 66.1 Å². The number of carbonyl (C=O) groups is 2. The van der Waals surface area contributed by atoms with Crippen molar-refractivity contribution in [1.29, 1.82) is 0 Å². The van der Waals surface area contributed by atoms with Crippen LogP contribution in [0.4, 0.5) is 10.1 Å². The van der Waals surface area contributed by atoms with Crippen molar-refractivity contribution in [3.8, 4) is 0 Å². The predicted molar refractivity (Wildman–Crippen MR) is 114 cm³/mol. The van der Waals surface area contributed by atoms with E-state index in [-0.39, 0.29) is 17.9 Å². The normalized spacial score (nSPS) is 21.8. The van der Waals surface area contributed by atoms with Gasteiger partial charge in [0.2, 0.25) is 5.91 Å². The first kappa shape index (κ1) is 18.9. The van der Waals surface area contributed by atoms with E-state index in [0.29, 0.717) is 17.9 Å². The van der Waals surface area contributed by atoms with Crippen LogP contribution in [0.2, 0.25) is 0 Å². The van der Waals surface area contributed by atoms with Gasteiger partial charge in [0.15, 0.2) is 0 Å². The topological polar surface area (TPSA) is 54.3 Å². The molecule has 154 valence electrons. The van der Waals surface area contributed by atoms with Gasteiger partial charge in [-0.05, 0) is 50.1 Å². The van der Waals surface area contributed by atoms with Gasteiger partial charge in [0.1, 0.15) is 17.1 Å². The van der Waals surface area contributed by atoms with E-state index >= 15 is 0 Å². The number of aromatic nitrogens is 1. The molecule has 0 radical (unpaired) electrons. The summed E-state index contributed by atoms with van der Waals surface area (Å²) in [5.74, 6) is -0.937. The number of nitrogens with one attached hydrogen (secondary N) is 1. The summed E-state index contributed by atoms with van der Waals surface area (Å²) in [6.45, 7) is 2.08. The molecule has 1 fully saturated rings. The van der Waals surface area contributed by atoms with Crippen LogP contribution >= 0.6 is 0 Å². The molecule has 1 aromatic heterocycles. The van der Waals surface area contributed by atoms with Crippen molar-refractivity contribution in [2.75, 3.05) is 4.90 Å². The Balaban J connectivity index is 1.65. The van der Waals surface area contributed by atoms with Crippen LogP contribution in [0.25, 0.3) is 10.9 Å². The zero-order valence-corrected chi connectivity index (χ0v) is 16.9. The highest BCUT2D eigenvalue weighted by atomic mass is 19.1. The molecule has 5 nitrogen and oxygen atoms in total. The van der Waals surface area contributed by atoms with Crippen LogP contribution in [0.3, 0.4) is 0 Å². The molecule has 2 aliphatic rings. The Kier molecular flexibility index (Phi) is 4.38. The lowest BCUT2D eigenvalue weighted by molar-refractivity contribution is -0.127. The maximum atomic E-state index is 14.0. The lowest BCUT2D eigenvalue weighted by Gasteiger charge is -2.44. The fourth-order valence-electron chi connectivity index (χ4n) is 4.88. The van der Waals surface area contributed by atoms with Gasteiger partial charge in [0.25, 0.3) is 5.91 Å². The van der Waals surface area contributed by atoms with Gasteiger partial charge in [-0.15, -0.1) is 0 Å². The molecule has 0 spiro atoms. The van der Waals surface area contributed by atoms with Gasteiger partial charge >= 0.3 is 0 Å². The second-order valence-electron chi connectivity index (χ2n) is 8.52. The molecule has 5 rings (SSSR count). The number of fused-ring (bicyclic) bond motifs is 3. The van der Waals surface area contributed by atoms with Crippen molar-refractivity contribution in [2.45, 2.75) is 50.7 Å². The molecular weight excluding hydrogens is 381 g/mol. The SMILES string of the molecule is C[C@@]1(C(=O)NC2CCCC2)Cn2c(cc3ccccc32)C(=O)N1c1cccc(F)c1. The highest BCUT2D eigenvalue weighted by Crippen LogP contribution is 2.36. The molecule has 0 bridgehead atoms. The van der Waals surface area contributed by atoms with E-state index in [4.69, 9.17) is 0 Å². The van der Waals surface area contributed by atoms with Crippen LogP contribution in [-0.4, -0.2) is 28.0 Å². The van der Waals surface area contributed by atoms with Gasteiger partial charge in [0.05, 0.1) is 6.54 Å². The van der Waals surface area contributed by atoms with Crippen LogP contribution in [0, 0.1) is 5.82 Å². The molecule has 1 atom stereocenters. The molecule has 0 saturated heterocycles. The number of carbonyl (C=O) groups excluding carboxylic acids is 2. The molecule has 2 heterocycles.